The summed E-state index contributed by atoms with van der Waals surface area (Å²) in [5.41, 5.74) is 8.73. The minimum absolute atomic E-state index is 0.756. The topological polar surface area (TPSA) is 29.3 Å². The van der Waals surface area contributed by atoms with Crippen LogP contribution in [-0.4, -0.2) is 19.6 Å². The standard InChI is InChI=1S/C14H20N2/c15-8-9-16-10-11-4-3-6-12(11)13-5-1-2-7-14(13)16/h1-2,5,7,11-12H,3-4,6,8-10,15H2/t11-,12-/m0/s1. The van der Waals surface area contributed by atoms with Gasteiger partial charge in [-0.1, -0.05) is 24.6 Å². The van der Waals surface area contributed by atoms with Gasteiger partial charge < -0.3 is 10.6 Å². The first kappa shape index (κ1) is 10.2. The summed E-state index contributed by atoms with van der Waals surface area (Å²) in [7, 11) is 0. The lowest BCUT2D eigenvalue weighted by molar-refractivity contribution is 0.455. The van der Waals surface area contributed by atoms with E-state index >= 15 is 0 Å². The van der Waals surface area contributed by atoms with E-state index in [9.17, 15) is 0 Å². The molecule has 1 aromatic carbocycles. The van der Waals surface area contributed by atoms with Crippen LogP contribution in [0.1, 0.15) is 30.7 Å². The van der Waals surface area contributed by atoms with Gasteiger partial charge in [-0.05, 0) is 36.3 Å². The Hall–Kier alpha value is -1.02. The number of anilines is 1. The quantitative estimate of drug-likeness (QED) is 0.822. The molecule has 2 heteroatoms. The third-order valence-corrected chi connectivity index (χ3v) is 4.19. The smallest absolute Gasteiger partial charge is 0.0402 e. The third-order valence-electron chi connectivity index (χ3n) is 4.19. The summed E-state index contributed by atoms with van der Waals surface area (Å²) in [5.74, 6) is 1.70. The van der Waals surface area contributed by atoms with E-state index in [-0.39, 0.29) is 0 Å². The van der Waals surface area contributed by atoms with Gasteiger partial charge in [-0.2, -0.15) is 0 Å². The number of fused-ring (bicyclic) bond motifs is 3. The number of rotatable bonds is 2. The van der Waals surface area contributed by atoms with E-state index in [0.717, 1.165) is 24.9 Å². The SMILES string of the molecule is NCCN1C[C@@H]2CCC[C@@H]2c2ccccc21. The maximum absolute atomic E-state index is 5.71. The van der Waals surface area contributed by atoms with Crippen molar-refractivity contribution in [3.63, 3.8) is 0 Å². The lowest BCUT2D eigenvalue weighted by Gasteiger charge is -2.38. The molecule has 1 heterocycles. The summed E-state index contributed by atoms with van der Waals surface area (Å²) in [5, 5.41) is 0. The molecule has 16 heavy (non-hydrogen) atoms. The van der Waals surface area contributed by atoms with Crippen LogP contribution in [0, 0.1) is 5.92 Å². The van der Waals surface area contributed by atoms with E-state index in [1.807, 2.05) is 0 Å². The Labute approximate surface area is 97.4 Å². The molecule has 0 bridgehead atoms. The highest BCUT2D eigenvalue weighted by Gasteiger charge is 2.35. The molecule has 2 N–H and O–H groups in total. The molecule has 0 spiro atoms. The van der Waals surface area contributed by atoms with Gasteiger partial charge in [-0.15, -0.1) is 0 Å². The maximum Gasteiger partial charge on any atom is 0.0402 e. The van der Waals surface area contributed by atoms with Crippen molar-refractivity contribution in [2.24, 2.45) is 11.7 Å². The van der Waals surface area contributed by atoms with E-state index in [4.69, 9.17) is 5.73 Å². The van der Waals surface area contributed by atoms with Gasteiger partial charge in [0.05, 0.1) is 0 Å². The van der Waals surface area contributed by atoms with Crippen molar-refractivity contribution in [2.45, 2.75) is 25.2 Å². The Kier molecular flexibility index (Phi) is 2.60. The molecule has 0 radical (unpaired) electrons. The Morgan fingerprint density at radius 1 is 1.25 bits per heavy atom. The summed E-state index contributed by atoms with van der Waals surface area (Å²) >= 11 is 0. The Morgan fingerprint density at radius 3 is 3.00 bits per heavy atom. The molecular formula is C14H20N2. The fourth-order valence-corrected chi connectivity index (χ4v) is 3.50. The van der Waals surface area contributed by atoms with Crippen molar-refractivity contribution in [3.8, 4) is 0 Å². The van der Waals surface area contributed by atoms with Crippen LogP contribution in [0.3, 0.4) is 0 Å². The molecule has 1 aliphatic carbocycles. The lowest BCUT2D eigenvalue weighted by atomic mass is 9.84. The van der Waals surface area contributed by atoms with Crippen molar-refractivity contribution in [1.82, 2.24) is 0 Å². The first-order valence-corrected chi connectivity index (χ1v) is 6.44. The number of nitrogens with two attached hydrogens (primary N) is 1. The fraction of sp³-hybridized carbons (Fsp3) is 0.571. The lowest BCUT2D eigenvalue weighted by Crippen LogP contribution is -2.38. The molecule has 3 rings (SSSR count). The van der Waals surface area contributed by atoms with Crippen LogP contribution >= 0.6 is 0 Å². The van der Waals surface area contributed by atoms with Crippen molar-refractivity contribution >= 4 is 5.69 Å². The second-order valence-electron chi connectivity index (χ2n) is 5.09. The molecule has 1 aromatic rings. The molecule has 1 fully saturated rings. The Balaban J connectivity index is 1.99. The minimum atomic E-state index is 0.756. The molecule has 0 saturated heterocycles. The summed E-state index contributed by atoms with van der Waals surface area (Å²) in [6.07, 6.45) is 4.19. The van der Waals surface area contributed by atoms with E-state index < -0.39 is 0 Å². The molecule has 1 aliphatic heterocycles. The Bertz CT molecular complexity index is 375. The van der Waals surface area contributed by atoms with Gasteiger partial charge >= 0.3 is 0 Å². The molecule has 1 saturated carbocycles. The van der Waals surface area contributed by atoms with Crippen LogP contribution in [0.4, 0.5) is 5.69 Å². The average Bonchev–Trinajstić information content (AvgIpc) is 2.78. The second-order valence-corrected chi connectivity index (χ2v) is 5.09. The van der Waals surface area contributed by atoms with Crippen LogP contribution in [0.2, 0.25) is 0 Å². The number of benzene rings is 1. The van der Waals surface area contributed by atoms with Gasteiger partial charge in [0.15, 0.2) is 0 Å². The molecule has 86 valence electrons. The molecule has 0 aromatic heterocycles. The summed E-state index contributed by atoms with van der Waals surface area (Å²) < 4.78 is 0. The van der Waals surface area contributed by atoms with E-state index in [1.54, 1.807) is 5.56 Å². The van der Waals surface area contributed by atoms with Crippen LogP contribution in [0.5, 0.6) is 0 Å². The molecule has 0 amide bonds. The van der Waals surface area contributed by atoms with Crippen molar-refractivity contribution in [2.75, 3.05) is 24.5 Å². The molecule has 2 atom stereocenters. The van der Waals surface area contributed by atoms with Gasteiger partial charge in [0.2, 0.25) is 0 Å². The predicted molar refractivity (Wildman–Crippen MR) is 67.8 cm³/mol. The van der Waals surface area contributed by atoms with Gasteiger partial charge in [-0.3, -0.25) is 0 Å². The highest BCUT2D eigenvalue weighted by molar-refractivity contribution is 5.58. The number of nitrogens with zero attached hydrogens (tertiary/aromatic N) is 1. The first-order valence-electron chi connectivity index (χ1n) is 6.44. The molecule has 0 unspecified atom stereocenters. The van der Waals surface area contributed by atoms with Crippen LogP contribution in [0.15, 0.2) is 24.3 Å². The minimum Gasteiger partial charge on any atom is -0.370 e. The van der Waals surface area contributed by atoms with Gasteiger partial charge in [0.1, 0.15) is 0 Å². The van der Waals surface area contributed by atoms with E-state index in [0.29, 0.717) is 0 Å². The molecule has 2 aliphatic rings. The number of hydrogen-bond donors (Lipinski definition) is 1. The van der Waals surface area contributed by atoms with Crippen LogP contribution < -0.4 is 10.6 Å². The van der Waals surface area contributed by atoms with Crippen LogP contribution in [0.25, 0.3) is 0 Å². The van der Waals surface area contributed by atoms with Crippen molar-refractivity contribution < 1.29 is 0 Å². The summed E-state index contributed by atoms with van der Waals surface area (Å²) in [6, 6.07) is 8.91. The monoisotopic (exact) mass is 216 g/mol. The maximum atomic E-state index is 5.71. The largest absolute Gasteiger partial charge is 0.370 e. The van der Waals surface area contributed by atoms with Gasteiger partial charge in [0.25, 0.3) is 0 Å². The Morgan fingerprint density at radius 2 is 2.12 bits per heavy atom. The third kappa shape index (κ3) is 1.52. The number of para-hydroxylation sites is 1. The van der Waals surface area contributed by atoms with Crippen LogP contribution in [-0.2, 0) is 0 Å². The second kappa shape index (κ2) is 4.10. The zero-order chi connectivity index (χ0) is 11.0. The van der Waals surface area contributed by atoms with E-state index in [2.05, 4.69) is 29.2 Å². The highest BCUT2D eigenvalue weighted by Crippen LogP contribution is 2.47. The molecular weight excluding hydrogens is 196 g/mol. The summed E-state index contributed by atoms with van der Waals surface area (Å²) in [6.45, 7) is 2.98. The highest BCUT2D eigenvalue weighted by atomic mass is 15.1. The number of hydrogen-bond acceptors (Lipinski definition) is 2. The summed E-state index contributed by atoms with van der Waals surface area (Å²) in [4.78, 5) is 2.49. The zero-order valence-corrected chi connectivity index (χ0v) is 9.73. The molecule has 2 nitrogen and oxygen atoms in total. The zero-order valence-electron chi connectivity index (χ0n) is 9.73. The fourth-order valence-electron chi connectivity index (χ4n) is 3.50. The van der Waals surface area contributed by atoms with Gasteiger partial charge in [0, 0.05) is 25.3 Å². The van der Waals surface area contributed by atoms with E-state index in [1.165, 1.54) is 31.5 Å². The average molecular weight is 216 g/mol. The predicted octanol–water partition coefficient (Wildman–Crippen LogP) is 2.35. The normalized spacial score (nSPS) is 27.7. The van der Waals surface area contributed by atoms with Gasteiger partial charge in [-0.25, -0.2) is 0 Å². The van der Waals surface area contributed by atoms with Crippen molar-refractivity contribution in [3.05, 3.63) is 29.8 Å². The first-order chi connectivity index (χ1) is 7.90. The van der Waals surface area contributed by atoms with Crippen molar-refractivity contribution in [1.29, 1.82) is 0 Å².